The molecule has 6 nitrogen and oxygen atoms in total. The molecule has 0 aliphatic heterocycles. The van der Waals surface area contributed by atoms with Crippen LogP contribution >= 0.6 is 0 Å². The topological polar surface area (TPSA) is 76.1 Å². The van der Waals surface area contributed by atoms with Crippen LogP contribution in [0.1, 0.15) is 79.2 Å². The lowest BCUT2D eigenvalue weighted by Crippen LogP contribution is -2.40. The van der Waals surface area contributed by atoms with Crippen LogP contribution in [0.2, 0.25) is 0 Å². The quantitative estimate of drug-likeness (QED) is 0.390. The summed E-state index contributed by atoms with van der Waals surface area (Å²) in [4.78, 5) is 25.2. The molecule has 0 saturated heterocycles. The van der Waals surface area contributed by atoms with Crippen LogP contribution in [-0.4, -0.2) is 36.4 Å². The average molecular weight is 436 g/mol. The largest absolute Gasteiger partial charge is 0.495 e. The Morgan fingerprint density at radius 2 is 1.84 bits per heavy atom. The van der Waals surface area contributed by atoms with Gasteiger partial charge in [-0.05, 0) is 63.1 Å². The van der Waals surface area contributed by atoms with Crippen LogP contribution in [0.15, 0.2) is 18.2 Å². The van der Waals surface area contributed by atoms with E-state index in [2.05, 4.69) is 20.8 Å². The van der Waals surface area contributed by atoms with E-state index in [9.17, 15) is 14.7 Å². The molecule has 0 aliphatic carbocycles. The Bertz CT molecular complexity index is 708. The summed E-state index contributed by atoms with van der Waals surface area (Å²) < 4.78 is 11.0. The monoisotopic (exact) mass is 435 g/mol. The number of unbranched alkanes of at least 4 members (excludes halogenated alkanes) is 2. The van der Waals surface area contributed by atoms with Gasteiger partial charge in [-0.15, -0.1) is 0 Å². The van der Waals surface area contributed by atoms with E-state index in [4.69, 9.17) is 9.47 Å². The number of hydrogen-bond donors (Lipinski definition) is 1. The highest BCUT2D eigenvalue weighted by atomic mass is 16.6. The van der Waals surface area contributed by atoms with Crippen molar-refractivity contribution in [2.45, 2.75) is 85.7 Å². The zero-order valence-corrected chi connectivity index (χ0v) is 20.4. The number of carboxylic acid groups (broad SMARTS) is 1. The van der Waals surface area contributed by atoms with Gasteiger partial charge in [0.2, 0.25) is 0 Å². The first-order chi connectivity index (χ1) is 14.5. The molecule has 176 valence electrons. The zero-order chi connectivity index (χ0) is 23.6. The maximum atomic E-state index is 12.7. The van der Waals surface area contributed by atoms with Crippen LogP contribution in [0, 0.1) is 11.8 Å². The first-order valence-electron chi connectivity index (χ1n) is 11.4. The van der Waals surface area contributed by atoms with Crippen LogP contribution in [-0.2, 0) is 16.0 Å². The number of rotatable bonds is 12. The molecule has 0 saturated carbocycles. The van der Waals surface area contributed by atoms with E-state index >= 15 is 0 Å². The first kappa shape index (κ1) is 26.8. The lowest BCUT2D eigenvalue weighted by atomic mass is 9.87. The average Bonchev–Trinajstić information content (AvgIpc) is 2.64. The minimum atomic E-state index is -1.12. The van der Waals surface area contributed by atoms with E-state index < -0.39 is 24.2 Å². The molecule has 0 radical (unpaired) electrons. The number of carbonyl (C=O) groups is 2. The smallest absolute Gasteiger partial charge is 0.415 e. The van der Waals surface area contributed by atoms with Crippen molar-refractivity contribution < 1.29 is 24.2 Å². The standard InChI is InChI=1S/C25H41NO5/c1-8-9-10-11-19(14-18(2)3)15-20-12-13-21(22(16-20)30-7)26(17-23(27)28)24(29)31-25(4,5)6/h12-13,16,18-19H,8-11,14-15,17H2,1-7H3,(H,27,28). The van der Waals surface area contributed by atoms with Gasteiger partial charge in [-0.25, -0.2) is 4.79 Å². The summed E-state index contributed by atoms with van der Waals surface area (Å²) in [6, 6.07) is 5.64. The lowest BCUT2D eigenvalue weighted by Gasteiger charge is -2.27. The number of hydrogen-bond acceptors (Lipinski definition) is 4. The second-order valence-corrected chi connectivity index (χ2v) is 9.66. The summed E-state index contributed by atoms with van der Waals surface area (Å²) in [6.45, 7) is 11.5. The van der Waals surface area contributed by atoms with Crippen molar-refractivity contribution in [3.63, 3.8) is 0 Å². The van der Waals surface area contributed by atoms with Crippen LogP contribution in [0.25, 0.3) is 0 Å². The molecule has 1 aromatic carbocycles. The Balaban J connectivity index is 3.14. The van der Waals surface area contributed by atoms with Crippen molar-refractivity contribution in [2.75, 3.05) is 18.6 Å². The number of amides is 1. The van der Waals surface area contributed by atoms with Crippen molar-refractivity contribution in [3.8, 4) is 5.75 Å². The SMILES string of the molecule is CCCCCC(Cc1ccc(N(CC(=O)O)C(=O)OC(C)(C)C)c(OC)c1)CC(C)C. The molecule has 1 N–H and O–H groups in total. The zero-order valence-electron chi connectivity index (χ0n) is 20.4. The number of methoxy groups -OCH3 is 1. The highest BCUT2D eigenvalue weighted by Gasteiger charge is 2.27. The van der Waals surface area contributed by atoms with Gasteiger partial charge in [-0.2, -0.15) is 0 Å². The molecule has 0 fully saturated rings. The van der Waals surface area contributed by atoms with E-state index in [1.54, 1.807) is 26.8 Å². The number of benzene rings is 1. The van der Waals surface area contributed by atoms with E-state index in [1.807, 2.05) is 12.1 Å². The van der Waals surface area contributed by atoms with Crippen LogP contribution in [0.4, 0.5) is 10.5 Å². The molecule has 0 aromatic heterocycles. The second kappa shape index (κ2) is 12.6. The first-order valence-corrected chi connectivity index (χ1v) is 11.4. The summed E-state index contributed by atoms with van der Waals surface area (Å²) in [5.74, 6) is 0.570. The molecule has 0 aliphatic rings. The van der Waals surface area contributed by atoms with Gasteiger partial charge in [-0.3, -0.25) is 9.69 Å². The fraction of sp³-hybridized carbons (Fsp3) is 0.680. The summed E-state index contributed by atoms with van der Waals surface area (Å²) in [7, 11) is 1.53. The highest BCUT2D eigenvalue weighted by Crippen LogP contribution is 2.33. The minimum absolute atomic E-state index is 0.397. The maximum Gasteiger partial charge on any atom is 0.415 e. The van der Waals surface area contributed by atoms with Crippen molar-refractivity contribution >= 4 is 17.7 Å². The molecule has 1 unspecified atom stereocenters. The molecule has 0 spiro atoms. The number of ether oxygens (including phenoxy) is 2. The maximum absolute atomic E-state index is 12.7. The molecule has 0 bridgehead atoms. The van der Waals surface area contributed by atoms with Crippen molar-refractivity contribution in [3.05, 3.63) is 23.8 Å². The minimum Gasteiger partial charge on any atom is -0.495 e. The molecule has 1 rings (SSSR count). The van der Waals surface area contributed by atoms with Crippen LogP contribution < -0.4 is 9.64 Å². The number of anilines is 1. The third-order valence-corrected chi connectivity index (χ3v) is 4.99. The Morgan fingerprint density at radius 3 is 2.35 bits per heavy atom. The summed E-state index contributed by atoms with van der Waals surface area (Å²) >= 11 is 0. The van der Waals surface area contributed by atoms with Gasteiger partial charge in [0.1, 0.15) is 17.9 Å². The lowest BCUT2D eigenvalue weighted by molar-refractivity contribution is -0.135. The van der Waals surface area contributed by atoms with Gasteiger partial charge in [0.15, 0.2) is 0 Å². The summed E-state index contributed by atoms with van der Waals surface area (Å²) in [6.07, 6.45) is 6.27. The molecule has 0 heterocycles. The van der Waals surface area contributed by atoms with Gasteiger partial charge in [0, 0.05) is 0 Å². The molecule has 31 heavy (non-hydrogen) atoms. The van der Waals surface area contributed by atoms with E-state index in [1.165, 1.54) is 32.8 Å². The number of aliphatic carboxylic acids is 1. The molecule has 1 atom stereocenters. The molecule has 1 aromatic rings. The Kier molecular flexibility index (Phi) is 10.9. The second-order valence-electron chi connectivity index (χ2n) is 9.66. The highest BCUT2D eigenvalue weighted by molar-refractivity contribution is 5.94. The van der Waals surface area contributed by atoms with Gasteiger partial charge >= 0.3 is 12.1 Å². The predicted molar refractivity (Wildman–Crippen MR) is 125 cm³/mol. The van der Waals surface area contributed by atoms with E-state index in [0.29, 0.717) is 23.3 Å². The molecular formula is C25H41NO5. The van der Waals surface area contributed by atoms with Crippen LogP contribution in [0.3, 0.4) is 0 Å². The molecule has 1 amide bonds. The van der Waals surface area contributed by atoms with Gasteiger partial charge in [0.25, 0.3) is 0 Å². The van der Waals surface area contributed by atoms with Gasteiger partial charge in [-0.1, -0.05) is 52.5 Å². The van der Waals surface area contributed by atoms with Crippen molar-refractivity contribution in [1.29, 1.82) is 0 Å². The Labute approximate surface area is 187 Å². The van der Waals surface area contributed by atoms with Crippen molar-refractivity contribution in [2.24, 2.45) is 11.8 Å². The van der Waals surface area contributed by atoms with E-state index in [0.717, 1.165) is 23.3 Å². The normalized spacial score (nSPS) is 12.5. The molecular weight excluding hydrogens is 394 g/mol. The summed E-state index contributed by atoms with van der Waals surface area (Å²) in [5.41, 5.74) is 0.792. The van der Waals surface area contributed by atoms with Gasteiger partial charge < -0.3 is 14.6 Å². The number of carbonyl (C=O) groups excluding carboxylic acids is 1. The predicted octanol–water partition coefficient (Wildman–Crippen LogP) is 6.31. The van der Waals surface area contributed by atoms with Gasteiger partial charge in [0.05, 0.1) is 12.8 Å². The summed E-state index contributed by atoms with van der Waals surface area (Å²) in [5, 5.41) is 9.33. The third kappa shape index (κ3) is 10.1. The fourth-order valence-corrected chi connectivity index (χ4v) is 3.76. The van der Waals surface area contributed by atoms with E-state index in [-0.39, 0.29) is 0 Å². The Morgan fingerprint density at radius 1 is 1.16 bits per heavy atom. The fourth-order valence-electron chi connectivity index (χ4n) is 3.76. The third-order valence-electron chi connectivity index (χ3n) is 4.99. The molecule has 6 heteroatoms. The number of nitrogens with zero attached hydrogens (tertiary/aromatic N) is 1. The van der Waals surface area contributed by atoms with Crippen LogP contribution in [0.5, 0.6) is 5.75 Å². The van der Waals surface area contributed by atoms with Crippen molar-refractivity contribution in [1.82, 2.24) is 0 Å². The Hall–Kier alpha value is -2.24. The number of carboxylic acids is 1.